The highest BCUT2D eigenvalue weighted by Crippen LogP contribution is 2.13. The number of alkyl halides is 1. The molecule has 2 unspecified atom stereocenters. The number of nitrogens with zero attached hydrogens (tertiary/aromatic N) is 1. The molecular formula is C8H19ClN4. The van der Waals surface area contributed by atoms with Crippen LogP contribution in [0.4, 0.5) is 0 Å². The molecule has 0 bridgehead atoms. The largest absolute Gasteiger partial charge is 0.330 e. The number of hydrogen-bond acceptors (Lipinski definition) is 4. The molecular weight excluding hydrogens is 188 g/mol. The van der Waals surface area contributed by atoms with Crippen LogP contribution in [0.25, 0.3) is 0 Å². The zero-order valence-electron chi connectivity index (χ0n) is 7.82. The lowest BCUT2D eigenvalue weighted by Crippen LogP contribution is -2.46. The maximum absolute atomic E-state index is 6.04. The van der Waals surface area contributed by atoms with Crippen molar-refractivity contribution in [3.63, 3.8) is 0 Å². The molecule has 0 aromatic carbocycles. The van der Waals surface area contributed by atoms with E-state index in [-0.39, 0.29) is 11.4 Å². The van der Waals surface area contributed by atoms with Gasteiger partial charge in [-0.05, 0) is 25.8 Å². The predicted octanol–water partition coefficient (Wildman–Crippen LogP) is 0.327. The molecule has 78 valence electrons. The maximum atomic E-state index is 6.04. The summed E-state index contributed by atoms with van der Waals surface area (Å²) in [6.45, 7) is 4.29. The Morgan fingerprint density at radius 2 is 2.08 bits per heavy atom. The van der Waals surface area contributed by atoms with Gasteiger partial charge in [-0.1, -0.05) is 6.08 Å². The fourth-order valence-corrected chi connectivity index (χ4v) is 1.40. The second-order valence-corrected chi connectivity index (χ2v) is 3.63. The Hall–Kier alpha value is -0.130. The summed E-state index contributed by atoms with van der Waals surface area (Å²) in [4.78, 5) is 0. The van der Waals surface area contributed by atoms with Gasteiger partial charge in [0.2, 0.25) is 0 Å². The van der Waals surface area contributed by atoms with Crippen molar-refractivity contribution in [2.75, 3.05) is 6.54 Å². The third kappa shape index (κ3) is 6.01. The molecule has 0 aliphatic carbocycles. The molecule has 0 spiro atoms. The standard InChI is InChI=1S/C8H19ClN4/c1-2-8(13(11)12)6-7(9)4-3-5-10/h2,7-8H,1,3-6,10-12H2. The van der Waals surface area contributed by atoms with E-state index < -0.39 is 0 Å². The molecule has 0 heterocycles. The van der Waals surface area contributed by atoms with E-state index in [0.717, 1.165) is 18.0 Å². The summed E-state index contributed by atoms with van der Waals surface area (Å²) in [5.74, 6) is 10.8. The van der Waals surface area contributed by atoms with Crippen molar-refractivity contribution in [3.05, 3.63) is 12.7 Å². The van der Waals surface area contributed by atoms with Gasteiger partial charge in [0.15, 0.2) is 0 Å². The first-order chi connectivity index (χ1) is 6.11. The minimum absolute atomic E-state index is 0.0566. The number of hydrogen-bond donors (Lipinski definition) is 3. The first-order valence-electron chi connectivity index (χ1n) is 4.37. The summed E-state index contributed by atoms with van der Waals surface area (Å²) in [5.41, 5.74) is 5.36. The van der Waals surface area contributed by atoms with Crippen molar-refractivity contribution in [2.45, 2.75) is 30.7 Å². The van der Waals surface area contributed by atoms with Crippen LogP contribution in [0.2, 0.25) is 0 Å². The molecule has 0 aromatic heterocycles. The Morgan fingerprint density at radius 3 is 2.46 bits per heavy atom. The Labute approximate surface area is 84.6 Å². The molecule has 0 aliphatic rings. The normalized spacial score (nSPS) is 15.8. The summed E-state index contributed by atoms with van der Waals surface area (Å²) >= 11 is 6.04. The molecule has 0 aliphatic heterocycles. The van der Waals surface area contributed by atoms with Gasteiger partial charge in [-0.25, -0.2) is 0 Å². The Morgan fingerprint density at radius 1 is 1.46 bits per heavy atom. The van der Waals surface area contributed by atoms with E-state index in [1.54, 1.807) is 6.08 Å². The predicted molar refractivity (Wildman–Crippen MR) is 56.7 cm³/mol. The van der Waals surface area contributed by atoms with E-state index in [4.69, 9.17) is 29.0 Å². The molecule has 0 saturated heterocycles. The molecule has 0 rings (SSSR count). The molecule has 0 radical (unpaired) electrons. The van der Waals surface area contributed by atoms with Crippen LogP contribution in [0.3, 0.4) is 0 Å². The van der Waals surface area contributed by atoms with Gasteiger partial charge in [0.25, 0.3) is 0 Å². The molecule has 0 fully saturated rings. The van der Waals surface area contributed by atoms with Crippen LogP contribution in [0.15, 0.2) is 12.7 Å². The number of hydrazine groups is 2. The summed E-state index contributed by atoms with van der Waals surface area (Å²) < 4.78 is 0. The van der Waals surface area contributed by atoms with Crippen molar-refractivity contribution >= 4 is 11.6 Å². The maximum Gasteiger partial charge on any atom is 0.0586 e. The van der Waals surface area contributed by atoms with Crippen molar-refractivity contribution in [1.82, 2.24) is 5.12 Å². The monoisotopic (exact) mass is 206 g/mol. The highest BCUT2D eigenvalue weighted by molar-refractivity contribution is 6.20. The van der Waals surface area contributed by atoms with Gasteiger partial charge in [-0.2, -0.15) is 5.12 Å². The van der Waals surface area contributed by atoms with Gasteiger partial charge in [0, 0.05) is 5.38 Å². The lowest BCUT2D eigenvalue weighted by atomic mass is 10.1. The van der Waals surface area contributed by atoms with Crippen molar-refractivity contribution in [3.8, 4) is 0 Å². The van der Waals surface area contributed by atoms with Gasteiger partial charge in [-0.15, -0.1) is 18.2 Å². The lowest BCUT2D eigenvalue weighted by Gasteiger charge is -2.21. The van der Waals surface area contributed by atoms with Crippen LogP contribution in [0.1, 0.15) is 19.3 Å². The first kappa shape index (κ1) is 12.9. The summed E-state index contributed by atoms with van der Waals surface area (Å²) in [5, 5.41) is 1.19. The van der Waals surface area contributed by atoms with Crippen LogP contribution < -0.4 is 17.4 Å². The highest BCUT2D eigenvalue weighted by atomic mass is 35.5. The smallest absolute Gasteiger partial charge is 0.0586 e. The van der Waals surface area contributed by atoms with Crippen LogP contribution in [0.5, 0.6) is 0 Å². The van der Waals surface area contributed by atoms with Gasteiger partial charge in [0.05, 0.1) is 6.04 Å². The molecule has 6 N–H and O–H groups in total. The Kier molecular flexibility index (Phi) is 7.22. The Balaban J connectivity index is 3.72. The molecule has 4 nitrogen and oxygen atoms in total. The highest BCUT2D eigenvalue weighted by Gasteiger charge is 2.13. The molecule has 0 amide bonds. The van der Waals surface area contributed by atoms with Crippen molar-refractivity contribution < 1.29 is 0 Å². The van der Waals surface area contributed by atoms with E-state index in [1.807, 2.05) is 0 Å². The van der Waals surface area contributed by atoms with Crippen molar-refractivity contribution in [2.24, 2.45) is 17.4 Å². The molecule has 0 aromatic rings. The third-order valence-corrected chi connectivity index (χ3v) is 2.27. The van der Waals surface area contributed by atoms with Gasteiger partial charge < -0.3 is 5.73 Å². The quantitative estimate of drug-likeness (QED) is 0.243. The molecule has 2 atom stereocenters. The minimum Gasteiger partial charge on any atom is -0.330 e. The molecule has 5 heteroatoms. The first-order valence-corrected chi connectivity index (χ1v) is 4.80. The average molecular weight is 207 g/mol. The van der Waals surface area contributed by atoms with Gasteiger partial charge in [0.1, 0.15) is 0 Å². The van der Waals surface area contributed by atoms with Gasteiger partial charge in [-0.3, -0.25) is 11.7 Å². The van der Waals surface area contributed by atoms with Gasteiger partial charge >= 0.3 is 0 Å². The van der Waals surface area contributed by atoms with E-state index in [2.05, 4.69) is 6.58 Å². The SMILES string of the molecule is C=CC(CC(Cl)CCCN)N(N)N. The van der Waals surface area contributed by atoms with Crippen LogP contribution in [0, 0.1) is 0 Å². The minimum atomic E-state index is -0.0692. The topological polar surface area (TPSA) is 81.3 Å². The second-order valence-electron chi connectivity index (χ2n) is 3.01. The van der Waals surface area contributed by atoms with E-state index in [9.17, 15) is 0 Å². The number of rotatable bonds is 7. The number of halogens is 1. The van der Waals surface area contributed by atoms with Crippen molar-refractivity contribution in [1.29, 1.82) is 0 Å². The summed E-state index contributed by atoms with van der Waals surface area (Å²) in [6, 6.07) is -0.0692. The van der Waals surface area contributed by atoms with E-state index >= 15 is 0 Å². The number of nitrogens with two attached hydrogens (primary N) is 3. The fourth-order valence-electron chi connectivity index (χ4n) is 1.06. The zero-order chi connectivity index (χ0) is 10.3. The van der Waals surface area contributed by atoms with Crippen LogP contribution in [-0.2, 0) is 0 Å². The third-order valence-electron chi connectivity index (χ3n) is 1.87. The Bertz CT molecular complexity index is 140. The van der Waals surface area contributed by atoms with Crippen LogP contribution in [-0.4, -0.2) is 23.1 Å². The summed E-state index contributed by atoms with van der Waals surface area (Å²) in [6.07, 6.45) is 4.21. The molecule has 0 saturated carbocycles. The lowest BCUT2D eigenvalue weighted by molar-refractivity contribution is 0.230. The van der Waals surface area contributed by atoms with E-state index in [0.29, 0.717) is 13.0 Å². The second kappa shape index (κ2) is 7.29. The molecule has 13 heavy (non-hydrogen) atoms. The van der Waals surface area contributed by atoms with Crippen LogP contribution >= 0.6 is 11.6 Å². The fraction of sp³-hybridized carbons (Fsp3) is 0.750. The zero-order valence-corrected chi connectivity index (χ0v) is 8.58. The average Bonchev–Trinajstić information content (AvgIpc) is 2.10. The van der Waals surface area contributed by atoms with E-state index in [1.165, 1.54) is 0 Å². The summed E-state index contributed by atoms with van der Waals surface area (Å²) in [7, 11) is 0.